The van der Waals surface area contributed by atoms with E-state index >= 15 is 0 Å². The third-order valence-corrected chi connectivity index (χ3v) is 5.00. The fraction of sp³-hybridized carbons (Fsp3) is 0.318. The molecule has 0 bridgehead atoms. The van der Waals surface area contributed by atoms with Gasteiger partial charge in [0.05, 0.1) is 12.3 Å². The van der Waals surface area contributed by atoms with Crippen LogP contribution in [-0.2, 0) is 6.54 Å². The summed E-state index contributed by atoms with van der Waals surface area (Å²) in [4.78, 5) is 15.8. The molecule has 0 amide bonds. The van der Waals surface area contributed by atoms with Gasteiger partial charge >= 0.3 is 0 Å². The van der Waals surface area contributed by atoms with Crippen molar-refractivity contribution in [2.75, 3.05) is 32.8 Å². The minimum Gasteiger partial charge on any atom is -0.492 e. The minimum atomic E-state index is 0.00499. The van der Waals surface area contributed by atoms with Gasteiger partial charge in [-0.15, -0.1) is 0 Å². The molecule has 0 spiro atoms. The van der Waals surface area contributed by atoms with Crippen molar-refractivity contribution in [3.05, 3.63) is 70.6 Å². The van der Waals surface area contributed by atoms with Crippen molar-refractivity contribution in [2.24, 2.45) is 0 Å². The number of nitrogens with zero attached hydrogens (tertiary/aromatic N) is 2. The number of rotatable bonds is 5. The second kappa shape index (κ2) is 7.94. The van der Waals surface area contributed by atoms with Gasteiger partial charge in [0.1, 0.15) is 5.75 Å². The van der Waals surface area contributed by atoms with E-state index in [9.17, 15) is 4.79 Å². The van der Waals surface area contributed by atoms with Crippen molar-refractivity contribution in [1.29, 1.82) is 0 Å². The average Bonchev–Trinajstić information content (AvgIpc) is 2.70. The maximum atomic E-state index is 13.4. The summed E-state index contributed by atoms with van der Waals surface area (Å²) in [5, 5.41) is 5.10. The summed E-state index contributed by atoms with van der Waals surface area (Å²) in [5.41, 5.74) is 1.80. The molecule has 1 saturated heterocycles. The maximum absolute atomic E-state index is 13.4. The van der Waals surface area contributed by atoms with Crippen LogP contribution in [0.3, 0.4) is 0 Å². The van der Waals surface area contributed by atoms with Crippen LogP contribution in [0.2, 0.25) is 0 Å². The topological polar surface area (TPSA) is 46.5 Å². The summed E-state index contributed by atoms with van der Waals surface area (Å²) >= 11 is 0. The van der Waals surface area contributed by atoms with Crippen molar-refractivity contribution in [1.82, 2.24) is 14.8 Å². The Labute approximate surface area is 159 Å². The molecule has 0 atom stereocenters. The van der Waals surface area contributed by atoms with Crippen LogP contribution in [0.4, 0.5) is 0 Å². The van der Waals surface area contributed by atoms with Crippen molar-refractivity contribution in [3.8, 4) is 11.4 Å². The van der Waals surface area contributed by atoms with E-state index in [1.807, 2.05) is 60.0 Å². The summed E-state index contributed by atoms with van der Waals surface area (Å²) in [6, 6.07) is 17.7. The second-order valence-electron chi connectivity index (χ2n) is 6.79. The zero-order valence-electron chi connectivity index (χ0n) is 15.6. The first kappa shape index (κ1) is 17.8. The first-order valence-electron chi connectivity index (χ1n) is 9.57. The number of hydrogen-bond acceptors (Lipinski definition) is 4. The summed E-state index contributed by atoms with van der Waals surface area (Å²) in [6.07, 6.45) is 0. The quantitative estimate of drug-likeness (QED) is 0.757. The molecular formula is C22H25N3O2. The van der Waals surface area contributed by atoms with E-state index in [-0.39, 0.29) is 5.56 Å². The molecule has 5 nitrogen and oxygen atoms in total. The van der Waals surface area contributed by atoms with Crippen molar-refractivity contribution >= 4 is 10.8 Å². The third-order valence-electron chi connectivity index (χ3n) is 5.00. The van der Waals surface area contributed by atoms with Gasteiger partial charge in [-0.3, -0.25) is 14.3 Å². The number of benzene rings is 2. The van der Waals surface area contributed by atoms with Crippen molar-refractivity contribution in [2.45, 2.75) is 13.5 Å². The van der Waals surface area contributed by atoms with Crippen LogP contribution >= 0.6 is 0 Å². The molecule has 140 valence electrons. The number of fused-ring (bicyclic) bond motifs is 1. The standard InChI is InChI=1S/C22H25N3O2/c1-2-27-21-10-6-5-9-20(21)25-18(16-24-13-11-23-12-14-24)15-17-7-3-4-8-19(17)22(25)26/h3-10,15,23H,2,11-14,16H2,1H3. The molecule has 4 rings (SSSR count). The lowest BCUT2D eigenvalue weighted by Crippen LogP contribution is -2.43. The smallest absolute Gasteiger partial charge is 0.263 e. The monoisotopic (exact) mass is 363 g/mol. The highest BCUT2D eigenvalue weighted by Gasteiger charge is 2.18. The maximum Gasteiger partial charge on any atom is 0.263 e. The van der Waals surface area contributed by atoms with E-state index in [2.05, 4.69) is 16.3 Å². The Kier molecular flexibility index (Phi) is 5.23. The number of hydrogen-bond donors (Lipinski definition) is 1. The first-order chi connectivity index (χ1) is 13.3. The number of nitrogens with one attached hydrogen (secondary N) is 1. The van der Waals surface area contributed by atoms with Crippen LogP contribution in [0, 0.1) is 0 Å². The predicted octanol–water partition coefficient (Wildman–Crippen LogP) is 2.79. The fourth-order valence-corrected chi connectivity index (χ4v) is 3.71. The van der Waals surface area contributed by atoms with Crippen LogP contribution in [0.15, 0.2) is 59.4 Å². The van der Waals surface area contributed by atoms with Crippen LogP contribution in [-0.4, -0.2) is 42.3 Å². The third kappa shape index (κ3) is 3.61. The molecule has 2 aromatic carbocycles. The molecule has 27 heavy (non-hydrogen) atoms. The molecule has 2 heterocycles. The van der Waals surface area contributed by atoms with E-state index < -0.39 is 0 Å². The molecule has 1 N–H and O–H groups in total. The summed E-state index contributed by atoms with van der Waals surface area (Å²) in [6.45, 7) is 7.18. The Morgan fingerprint density at radius 3 is 2.59 bits per heavy atom. The zero-order valence-corrected chi connectivity index (χ0v) is 15.6. The molecule has 1 fully saturated rings. The molecular weight excluding hydrogens is 338 g/mol. The van der Waals surface area contributed by atoms with Gasteiger partial charge in [0.25, 0.3) is 5.56 Å². The number of aromatic nitrogens is 1. The summed E-state index contributed by atoms with van der Waals surface area (Å²) in [7, 11) is 0. The molecule has 1 aromatic heterocycles. The van der Waals surface area contributed by atoms with Crippen LogP contribution in [0.25, 0.3) is 16.5 Å². The van der Waals surface area contributed by atoms with Crippen LogP contribution in [0.1, 0.15) is 12.6 Å². The van der Waals surface area contributed by atoms with Gasteiger partial charge in [0, 0.05) is 43.8 Å². The summed E-state index contributed by atoms with van der Waals surface area (Å²) < 4.78 is 7.65. The van der Waals surface area contributed by atoms with Gasteiger partial charge in [-0.2, -0.15) is 0 Å². The van der Waals surface area contributed by atoms with Crippen molar-refractivity contribution < 1.29 is 4.74 Å². The lowest BCUT2D eigenvalue weighted by Gasteiger charge is -2.28. The van der Waals surface area contributed by atoms with E-state index in [4.69, 9.17) is 4.74 Å². The highest BCUT2D eigenvalue weighted by Crippen LogP contribution is 2.25. The Balaban J connectivity index is 1.90. The van der Waals surface area contributed by atoms with E-state index in [1.165, 1.54) is 0 Å². The lowest BCUT2D eigenvalue weighted by molar-refractivity contribution is 0.229. The first-order valence-corrected chi connectivity index (χ1v) is 9.57. The Morgan fingerprint density at radius 2 is 1.78 bits per heavy atom. The van der Waals surface area contributed by atoms with E-state index in [0.717, 1.165) is 60.6 Å². The Bertz CT molecular complexity index is 990. The lowest BCUT2D eigenvalue weighted by atomic mass is 10.1. The van der Waals surface area contributed by atoms with Gasteiger partial charge < -0.3 is 10.1 Å². The fourth-order valence-electron chi connectivity index (χ4n) is 3.71. The molecule has 1 aliphatic heterocycles. The molecule has 1 aliphatic rings. The Morgan fingerprint density at radius 1 is 1.04 bits per heavy atom. The normalized spacial score (nSPS) is 15.1. The van der Waals surface area contributed by atoms with Crippen molar-refractivity contribution in [3.63, 3.8) is 0 Å². The molecule has 0 saturated carbocycles. The molecule has 3 aromatic rings. The Hall–Kier alpha value is -2.63. The molecule has 0 radical (unpaired) electrons. The highest BCUT2D eigenvalue weighted by molar-refractivity contribution is 5.82. The zero-order chi connectivity index (χ0) is 18.6. The van der Waals surface area contributed by atoms with Gasteiger partial charge in [0.2, 0.25) is 0 Å². The second-order valence-corrected chi connectivity index (χ2v) is 6.79. The highest BCUT2D eigenvalue weighted by atomic mass is 16.5. The SMILES string of the molecule is CCOc1ccccc1-n1c(CN2CCNCC2)cc2ccccc2c1=O. The van der Waals surface area contributed by atoms with E-state index in [0.29, 0.717) is 6.61 Å². The number of pyridine rings is 1. The number of para-hydroxylation sites is 2. The van der Waals surface area contributed by atoms with Gasteiger partial charge in [-0.25, -0.2) is 0 Å². The summed E-state index contributed by atoms with van der Waals surface area (Å²) in [5.74, 6) is 0.735. The molecule has 5 heteroatoms. The minimum absolute atomic E-state index is 0.00499. The van der Waals surface area contributed by atoms with Crippen LogP contribution in [0.5, 0.6) is 5.75 Å². The molecule has 0 unspecified atom stereocenters. The van der Waals surface area contributed by atoms with Gasteiger partial charge in [0.15, 0.2) is 0 Å². The van der Waals surface area contributed by atoms with E-state index in [1.54, 1.807) is 0 Å². The number of piperazine rings is 1. The number of ether oxygens (including phenoxy) is 1. The predicted molar refractivity (Wildman–Crippen MR) is 109 cm³/mol. The molecule has 0 aliphatic carbocycles. The van der Waals surface area contributed by atoms with Gasteiger partial charge in [-0.1, -0.05) is 30.3 Å². The van der Waals surface area contributed by atoms with Crippen LogP contribution < -0.4 is 15.6 Å². The van der Waals surface area contributed by atoms with Gasteiger partial charge in [-0.05, 0) is 36.6 Å². The average molecular weight is 363 g/mol. The largest absolute Gasteiger partial charge is 0.492 e.